The van der Waals surface area contributed by atoms with E-state index in [2.05, 4.69) is 6.92 Å². The third kappa shape index (κ3) is 2.26. The number of aliphatic hydroxyl groups excluding tert-OH is 1. The number of hydrogen-bond donors (Lipinski definition) is 1. The van der Waals surface area contributed by atoms with E-state index in [0.29, 0.717) is 0 Å². The van der Waals surface area contributed by atoms with E-state index < -0.39 is 0 Å². The zero-order valence-corrected chi connectivity index (χ0v) is 11.0. The molecule has 3 fully saturated rings. The molecule has 0 amide bonds. The number of aliphatic hydroxyl groups is 1. The molecule has 0 aromatic rings. The Morgan fingerprint density at radius 1 is 1.29 bits per heavy atom. The lowest BCUT2D eigenvalue weighted by Gasteiger charge is -2.39. The van der Waals surface area contributed by atoms with Gasteiger partial charge in [0.1, 0.15) is 0 Å². The summed E-state index contributed by atoms with van der Waals surface area (Å²) in [5, 5.41) is 10.5. The molecule has 1 heterocycles. The summed E-state index contributed by atoms with van der Waals surface area (Å²) in [5.74, 6) is 2.69. The lowest BCUT2D eigenvalue weighted by molar-refractivity contribution is -0.142. The third-order valence-electron chi connectivity index (χ3n) is 5.61. The predicted octanol–water partition coefficient (Wildman–Crippen LogP) is 3.13. The van der Waals surface area contributed by atoms with E-state index in [0.717, 1.165) is 43.6 Å². The second-order valence-corrected chi connectivity index (χ2v) is 6.80. The van der Waals surface area contributed by atoms with Crippen molar-refractivity contribution in [1.82, 2.24) is 0 Å². The first-order chi connectivity index (χ1) is 8.17. The molecule has 5 unspecified atom stereocenters. The largest absolute Gasteiger partial charge is 0.390 e. The van der Waals surface area contributed by atoms with Gasteiger partial charge in [-0.2, -0.15) is 0 Å². The van der Waals surface area contributed by atoms with E-state index in [1.54, 1.807) is 0 Å². The SMILES string of the molecule is CC1(C(O)CC2CC3CCC2C3)CCCCO1. The Morgan fingerprint density at radius 3 is 2.76 bits per heavy atom. The van der Waals surface area contributed by atoms with E-state index in [-0.39, 0.29) is 11.7 Å². The van der Waals surface area contributed by atoms with E-state index in [4.69, 9.17) is 4.74 Å². The summed E-state index contributed by atoms with van der Waals surface area (Å²) in [4.78, 5) is 0. The molecule has 2 nitrogen and oxygen atoms in total. The van der Waals surface area contributed by atoms with E-state index in [9.17, 15) is 5.11 Å². The van der Waals surface area contributed by atoms with Gasteiger partial charge in [-0.05, 0) is 69.6 Å². The number of hydrogen-bond acceptors (Lipinski definition) is 2. The minimum atomic E-state index is -0.250. The maximum atomic E-state index is 10.5. The Kier molecular flexibility index (Phi) is 3.20. The van der Waals surface area contributed by atoms with Crippen LogP contribution in [-0.4, -0.2) is 23.4 Å². The minimum Gasteiger partial charge on any atom is -0.390 e. The van der Waals surface area contributed by atoms with Gasteiger partial charge >= 0.3 is 0 Å². The van der Waals surface area contributed by atoms with Crippen molar-refractivity contribution in [3.8, 4) is 0 Å². The fourth-order valence-electron chi connectivity index (χ4n) is 4.42. The highest BCUT2D eigenvalue weighted by atomic mass is 16.5. The first-order valence-electron chi connectivity index (χ1n) is 7.49. The van der Waals surface area contributed by atoms with Crippen LogP contribution in [0.3, 0.4) is 0 Å². The van der Waals surface area contributed by atoms with Crippen LogP contribution in [0.4, 0.5) is 0 Å². The van der Waals surface area contributed by atoms with Gasteiger partial charge in [0.2, 0.25) is 0 Å². The van der Waals surface area contributed by atoms with Gasteiger partial charge in [0.15, 0.2) is 0 Å². The van der Waals surface area contributed by atoms with Crippen molar-refractivity contribution in [2.24, 2.45) is 17.8 Å². The van der Waals surface area contributed by atoms with Gasteiger partial charge in [-0.15, -0.1) is 0 Å². The van der Waals surface area contributed by atoms with Crippen molar-refractivity contribution in [2.45, 2.75) is 70.0 Å². The highest BCUT2D eigenvalue weighted by molar-refractivity contribution is 4.94. The topological polar surface area (TPSA) is 29.5 Å². The van der Waals surface area contributed by atoms with Crippen LogP contribution in [0, 0.1) is 17.8 Å². The van der Waals surface area contributed by atoms with Crippen molar-refractivity contribution in [2.75, 3.05) is 6.61 Å². The quantitative estimate of drug-likeness (QED) is 0.818. The molecule has 17 heavy (non-hydrogen) atoms. The number of rotatable bonds is 3. The molecule has 2 aliphatic carbocycles. The van der Waals surface area contributed by atoms with Crippen molar-refractivity contribution < 1.29 is 9.84 Å². The summed E-state index contributed by atoms with van der Waals surface area (Å²) in [5.41, 5.74) is -0.250. The zero-order chi connectivity index (χ0) is 11.9. The first-order valence-corrected chi connectivity index (χ1v) is 7.49. The van der Waals surface area contributed by atoms with E-state index >= 15 is 0 Å². The molecule has 1 saturated heterocycles. The lowest BCUT2D eigenvalue weighted by Crippen LogP contribution is -2.45. The standard InChI is InChI=1S/C15H26O2/c1-15(6-2-3-7-17-15)14(16)10-13-9-11-4-5-12(13)8-11/h11-14,16H,2-10H2,1H3. The summed E-state index contributed by atoms with van der Waals surface area (Å²) in [6.45, 7) is 2.95. The van der Waals surface area contributed by atoms with Gasteiger partial charge in [0.05, 0.1) is 11.7 Å². The molecule has 1 aliphatic heterocycles. The first kappa shape index (κ1) is 12.0. The Labute approximate surface area is 105 Å². The van der Waals surface area contributed by atoms with Crippen molar-refractivity contribution >= 4 is 0 Å². The maximum absolute atomic E-state index is 10.5. The molecule has 2 bridgehead atoms. The number of ether oxygens (including phenoxy) is 1. The zero-order valence-electron chi connectivity index (χ0n) is 11.0. The van der Waals surface area contributed by atoms with Crippen LogP contribution in [0.2, 0.25) is 0 Å². The molecule has 98 valence electrons. The molecule has 0 radical (unpaired) electrons. The molecular weight excluding hydrogens is 212 g/mol. The van der Waals surface area contributed by atoms with Gasteiger partial charge in [-0.25, -0.2) is 0 Å². The maximum Gasteiger partial charge on any atom is 0.0912 e. The molecule has 5 atom stereocenters. The predicted molar refractivity (Wildman–Crippen MR) is 67.8 cm³/mol. The highest BCUT2D eigenvalue weighted by Crippen LogP contribution is 2.50. The molecule has 1 N–H and O–H groups in total. The smallest absolute Gasteiger partial charge is 0.0912 e. The second kappa shape index (κ2) is 4.55. The summed E-state index contributed by atoms with van der Waals surface area (Å²) in [6.07, 6.45) is 9.83. The second-order valence-electron chi connectivity index (χ2n) is 6.80. The van der Waals surface area contributed by atoms with Crippen molar-refractivity contribution in [1.29, 1.82) is 0 Å². The Balaban J connectivity index is 1.57. The van der Waals surface area contributed by atoms with Crippen LogP contribution in [0.1, 0.15) is 58.3 Å². The lowest BCUT2D eigenvalue weighted by atomic mass is 9.79. The third-order valence-corrected chi connectivity index (χ3v) is 5.61. The Morgan fingerprint density at radius 2 is 2.18 bits per heavy atom. The fraction of sp³-hybridized carbons (Fsp3) is 1.00. The van der Waals surface area contributed by atoms with Gasteiger partial charge in [0.25, 0.3) is 0 Å². The van der Waals surface area contributed by atoms with Crippen LogP contribution in [0.5, 0.6) is 0 Å². The molecule has 3 rings (SSSR count). The molecule has 3 aliphatic rings. The van der Waals surface area contributed by atoms with Crippen LogP contribution in [0.25, 0.3) is 0 Å². The number of fused-ring (bicyclic) bond motifs is 2. The Bertz CT molecular complexity index is 270. The molecule has 2 saturated carbocycles. The van der Waals surface area contributed by atoms with Gasteiger partial charge in [-0.3, -0.25) is 0 Å². The van der Waals surface area contributed by atoms with Gasteiger partial charge in [-0.1, -0.05) is 6.42 Å². The normalized spacial score (nSPS) is 47.3. The molecule has 2 heteroatoms. The summed E-state index contributed by atoms with van der Waals surface area (Å²) < 4.78 is 5.87. The summed E-state index contributed by atoms with van der Waals surface area (Å²) in [6, 6.07) is 0. The minimum absolute atomic E-state index is 0.243. The monoisotopic (exact) mass is 238 g/mol. The van der Waals surface area contributed by atoms with Crippen molar-refractivity contribution in [3.63, 3.8) is 0 Å². The summed E-state index contributed by atoms with van der Waals surface area (Å²) in [7, 11) is 0. The van der Waals surface area contributed by atoms with Crippen LogP contribution >= 0.6 is 0 Å². The average molecular weight is 238 g/mol. The molecular formula is C15H26O2. The molecule has 0 aromatic carbocycles. The molecule has 0 spiro atoms. The van der Waals surface area contributed by atoms with Gasteiger partial charge in [0, 0.05) is 6.61 Å². The fourth-order valence-corrected chi connectivity index (χ4v) is 4.42. The van der Waals surface area contributed by atoms with Crippen molar-refractivity contribution in [3.05, 3.63) is 0 Å². The average Bonchev–Trinajstić information content (AvgIpc) is 2.92. The molecule has 0 aromatic heterocycles. The van der Waals surface area contributed by atoms with E-state index in [1.807, 2.05) is 0 Å². The highest BCUT2D eigenvalue weighted by Gasteiger charge is 2.43. The van der Waals surface area contributed by atoms with Gasteiger partial charge < -0.3 is 9.84 Å². The van der Waals surface area contributed by atoms with Crippen LogP contribution in [-0.2, 0) is 4.74 Å². The van der Waals surface area contributed by atoms with Crippen LogP contribution < -0.4 is 0 Å². The van der Waals surface area contributed by atoms with Crippen LogP contribution in [0.15, 0.2) is 0 Å². The Hall–Kier alpha value is -0.0800. The van der Waals surface area contributed by atoms with E-state index in [1.165, 1.54) is 32.1 Å². The summed E-state index contributed by atoms with van der Waals surface area (Å²) >= 11 is 0.